The summed E-state index contributed by atoms with van der Waals surface area (Å²) in [6.07, 6.45) is 0. The van der Waals surface area contributed by atoms with Crippen LogP contribution in [0, 0.1) is 20.8 Å². The lowest BCUT2D eigenvalue weighted by Gasteiger charge is -2.20. The minimum Gasteiger partial charge on any atom is -0.356 e. The third kappa shape index (κ3) is 4.21. The predicted octanol–water partition coefficient (Wildman–Crippen LogP) is 5.31. The quantitative estimate of drug-likeness (QED) is 0.744. The van der Waals surface area contributed by atoms with Crippen molar-refractivity contribution in [1.29, 1.82) is 0 Å². The smallest absolute Gasteiger partial charge is 0.171 e. The lowest BCUT2D eigenvalue weighted by molar-refractivity contribution is 0.716. The zero-order chi connectivity index (χ0) is 16.3. The number of aryl methyl sites for hydroxylation is 3. The fraction of sp³-hybridized carbons (Fsp3) is 0.278. The molecule has 0 aliphatic carbocycles. The molecule has 4 heteroatoms. The lowest BCUT2D eigenvalue weighted by atomic mass is 10.0. The first-order valence-corrected chi connectivity index (χ1v) is 8.06. The maximum atomic E-state index is 6.04. The van der Waals surface area contributed by atoms with Gasteiger partial charge in [-0.25, -0.2) is 0 Å². The van der Waals surface area contributed by atoms with Crippen LogP contribution >= 0.6 is 23.8 Å². The summed E-state index contributed by atoms with van der Waals surface area (Å²) in [4.78, 5) is 0. The van der Waals surface area contributed by atoms with Crippen LogP contribution in [0.5, 0.6) is 0 Å². The van der Waals surface area contributed by atoms with Crippen LogP contribution in [0.2, 0.25) is 5.02 Å². The molecule has 0 aliphatic heterocycles. The summed E-state index contributed by atoms with van der Waals surface area (Å²) < 4.78 is 0. The van der Waals surface area contributed by atoms with Crippen molar-refractivity contribution in [2.24, 2.45) is 0 Å². The number of thiocarbonyl (C=S) groups is 1. The highest BCUT2D eigenvalue weighted by Gasteiger charge is 2.11. The molecule has 0 bridgehead atoms. The molecule has 0 fully saturated rings. The monoisotopic (exact) mass is 332 g/mol. The van der Waals surface area contributed by atoms with Crippen molar-refractivity contribution in [2.45, 2.75) is 33.7 Å². The topological polar surface area (TPSA) is 24.1 Å². The van der Waals surface area contributed by atoms with Crippen LogP contribution in [0.1, 0.15) is 35.2 Å². The second-order valence-electron chi connectivity index (χ2n) is 5.64. The highest BCUT2D eigenvalue weighted by atomic mass is 35.5. The second-order valence-corrected chi connectivity index (χ2v) is 6.48. The first-order valence-electron chi connectivity index (χ1n) is 7.27. The molecule has 0 saturated carbocycles. The van der Waals surface area contributed by atoms with Gasteiger partial charge in [-0.2, -0.15) is 0 Å². The summed E-state index contributed by atoms with van der Waals surface area (Å²) >= 11 is 11.5. The van der Waals surface area contributed by atoms with Gasteiger partial charge >= 0.3 is 0 Å². The Balaban J connectivity index is 2.08. The first-order chi connectivity index (χ1) is 10.4. The number of hydrogen-bond donors (Lipinski definition) is 2. The van der Waals surface area contributed by atoms with E-state index in [0.29, 0.717) is 10.1 Å². The molecule has 0 amide bonds. The van der Waals surface area contributed by atoms with E-state index in [-0.39, 0.29) is 6.04 Å². The molecule has 2 N–H and O–H groups in total. The van der Waals surface area contributed by atoms with Gasteiger partial charge in [-0.15, -0.1) is 0 Å². The van der Waals surface area contributed by atoms with E-state index in [1.165, 1.54) is 16.7 Å². The Kier molecular flexibility index (Phi) is 5.43. The van der Waals surface area contributed by atoms with E-state index in [1.807, 2.05) is 25.1 Å². The Hall–Kier alpha value is -1.58. The van der Waals surface area contributed by atoms with E-state index in [9.17, 15) is 0 Å². The maximum Gasteiger partial charge on any atom is 0.171 e. The first kappa shape index (κ1) is 16.8. The summed E-state index contributed by atoms with van der Waals surface area (Å²) in [7, 11) is 0. The molecule has 1 atom stereocenters. The number of halogens is 1. The molecule has 0 spiro atoms. The number of hydrogen-bond acceptors (Lipinski definition) is 1. The Morgan fingerprint density at radius 2 is 1.73 bits per heavy atom. The van der Waals surface area contributed by atoms with Gasteiger partial charge in [-0.05, 0) is 68.7 Å². The van der Waals surface area contributed by atoms with Crippen molar-refractivity contribution in [2.75, 3.05) is 5.32 Å². The third-order valence-corrected chi connectivity index (χ3v) is 4.15. The summed E-state index contributed by atoms with van der Waals surface area (Å²) in [5, 5.41) is 7.85. The van der Waals surface area contributed by atoms with Crippen LogP contribution in [-0.4, -0.2) is 5.11 Å². The van der Waals surface area contributed by atoms with E-state index in [2.05, 4.69) is 49.6 Å². The zero-order valence-electron chi connectivity index (χ0n) is 13.3. The molecule has 0 heterocycles. The fourth-order valence-corrected chi connectivity index (χ4v) is 2.85. The number of anilines is 1. The minimum atomic E-state index is 0.138. The third-order valence-electron chi connectivity index (χ3n) is 3.70. The average molecular weight is 333 g/mol. The Bertz CT molecular complexity index is 697. The molecule has 22 heavy (non-hydrogen) atoms. The van der Waals surface area contributed by atoms with Gasteiger partial charge in [0.15, 0.2) is 5.11 Å². The Morgan fingerprint density at radius 1 is 1.05 bits per heavy atom. The fourth-order valence-electron chi connectivity index (χ4n) is 2.39. The summed E-state index contributed by atoms with van der Waals surface area (Å²) in [6, 6.07) is 12.3. The minimum absolute atomic E-state index is 0.138. The van der Waals surface area contributed by atoms with Crippen LogP contribution in [0.3, 0.4) is 0 Å². The molecular formula is C18H21ClN2S. The van der Waals surface area contributed by atoms with Gasteiger partial charge in [0, 0.05) is 10.7 Å². The SMILES string of the molecule is Cc1ccc(C)c(C(C)NC(=S)Nc2cc(Cl)ccc2C)c1. The molecule has 0 aliphatic rings. The van der Waals surface area contributed by atoms with Gasteiger partial charge in [0.25, 0.3) is 0 Å². The molecule has 0 aromatic heterocycles. The highest BCUT2D eigenvalue weighted by molar-refractivity contribution is 7.80. The van der Waals surface area contributed by atoms with Crippen LogP contribution in [-0.2, 0) is 0 Å². The van der Waals surface area contributed by atoms with E-state index in [1.54, 1.807) is 0 Å². The van der Waals surface area contributed by atoms with E-state index in [0.717, 1.165) is 11.3 Å². The number of nitrogens with one attached hydrogen (secondary N) is 2. The normalized spacial score (nSPS) is 11.9. The van der Waals surface area contributed by atoms with Crippen molar-refractivity contribution in [3.63, 3.8) is 0 Å². The van der Waals surface area contributed by atoms with Gasteiger partial charge in [-0.1, -0.05) is 41.4 Å². The number of benzene rings is 2. The van der Waals surface area contributed by atoms with Crippen molar-refractivity contribution in [1.82, 2.24) is 5.32 Å². The lowest BCUT2D eigenvalue weighted by Crippen LogP contribution is -2.31. The summed E-state index contributed by atoms with van der Waals surface area (Å²) in [6.45, 7) is 8.35. The molecule has 2 aromatic carbocycles. The van der Waals surface area contributed by atoms with E-state index < -0.39 is 0 Å². The van der Waals surface area contributed by atoms with E-state index >= 15 is 0 Å². The van der Waals surface area contributed by atoms with Gasteiger partial charge in [0.1, 0.15) is 0 Å². The predicted molar refractivity (Wildman–Crippen MR) is 99.9 cm³/mol. The van der Waals surface area contributed by atoms with Crippen LogP contribution in [0.4, 0.5) is 5.69 Å². The van der Waals surface area contributed by atoms with Gasteiger partial charge < -0.3 is 10.6 Å². The molecule has 2 rings (SSSR count). The van der Waals surface area contributed by atoms with Gasteiger partial charge in [0.2, 0.25) is 0 Å². The summed E-state index contributed by atoms with van der Waals surface area (Å²) in [5.74, 6) is 0. The van der Waals surface area contributed by atoms with Crippen LogP contribution in [0.15, 0.2) is 36.4 Å². The second kappa shape index (κ2) is 7.12. The molecule has 2 nitrogen and oxygen atoms in total. The van der Waals surface area contributed by atoms with Crippen LogP contribution in [0.25, 0.3) is 0 Å². The average Bonchev–Trinajstić information content (AvgIpc) is 2.45. The van der Waals surface area contributed by atoms with E-state index in [4.69, 9.17) is 23.8 Å². The maximum absolute atomic E-state index is 6.04. The summed E-state index contributed by atoms with van der Waals surface area (Å²) in [5.41, 5.74) is 5.80. The standard InChI is InChI=1S/C18H21ClN2S/c1-11-5-6-12(2)16(9-11)14(4)20-18(22)21-17-10-15(19)8-7-13(17)3/h5-10,14H,1-4H3,(H2,20,21,22). The molecule has 0 saturated heterocycles. The Labute approximate surface area is 142 Å². The van der Waals surface area contributed by atoms with Crippen molar-refractivity contribution < 1.29 is 0 Å². The molecule has 2 aromatic rings. The molecule has 0 radical (unpaired) electrons. The number of rotatable bonds is 3. The molecular weight excluding hydrogens is 312 g/mol. The van der Waals surface area contributed by atoms with Gasteiger partial charge in [-0.3, -0.25) is 0 Å². The molecule has 116 valence electrons. The zero-order valence-corrected chi connectivity index (χ0v) is 14.9. The van der Waals surface area contributed by atoms with Crippen molar-refractivity contribution >= 4 is 34.6 Å². The Morgan fingerprint density at radius 3 is 2.45 bits per heavy atom. The van der Waals surface area contributed by atoms with Crippen molar-refractivity contribution in [3.05, 3.63) is 63.7 Å². The van der Waals surface area contributed by atoms with Crippen molar-refractivity contribution in [3.8, 4) is 0 Å². The highest BCUT2D eigenvalue weighted by Crippen LogP contribution is 2.21. The molecule has 1 unspecified atom stereocenters. The largest absolute Gasteiger partial charge is 0.356 e. The van der Waals surface area contributed by atoms with Crippen LogP contribution < -0.4 is 10.6 Å². The van der Waals surface area contributed by atoms with Gasteiger partial charge in [0.05, 0.1) is 6.04 Å².